The Morgan fingerprint density at radius 2 is 1.48 bits per heavy atom. The van der Waals surface area contributed by atoms with Crippen LogP contribution in [0.4, 0.5) is 4.79 Å². The van der Waals surface area contributed by atoms with Crippen molar-refractivity contribution in [1.29, 1.82) is 0 Å². The first kappa shape index (κ1) is 41.5. The van der Waals surface area contributed by atoms with Crippen molar-refractivity contribution in [3.63, 3.8) is 0 Å². The molecule has 0 radical (unpaired) electrons. The highest BCUT2D eigenvalue weighted by Crippen LogP contribution is 2.44. The van der Waals surface area contributed by atoms with Crippen LogP contribution in [-0.4, -0.2) is 87.3 Å². The van der Waals surface area contributed by atoms with Gasteiger partial charge >= 0.3 is 12.1 Å². The standard InChI is InChI=1S/C42H51N3O9/c1-3-5-20-38(45-42(50)54-29-37-35-18-11-9-16-33(35)34-17-10-12-19-36(34)37)41(49)53-28-32(27-52-26-30-14-7-6-8-15-30)44-40(48)31(13-4-2)25-39(47)43-21-23-51-24-22-46/h3-4,6-12,14-19,31-32,37-38,46H,1-2,5,13,20-29H2,(H,43,47)(H,44,48)(H,45,50)/t31-,32-,38-/m0/s1. The third kappa shape index (κ3) is 13.0. The molecule has 1 aliphatic rings. The molecule has 12 nitrogen and oxygen atoms in total. The maximum absolute atomic E-state index is 13.5. The topological polar surface area (TPSA) is 162 Å². The summed E-state index contributed by atoms with van der Waals surface area (Å²) < 4.78 is 22.4. The van der Waals surface area contributed by atoms with Gasteiger partial charge in [0.1, 0.15) is 19.3 Å². The van der Waals surface area contributed by atoms with Crippen molar-refractivity contribution in [3.8, 4) is 11.1 Å². The van der Waals surface area contributed by atoms with Crippen LogP contribution in [0.5, 0.6) is 0 Å². The Kier molecular flexibility index (Phi) is 17.4. The highest BCUT2D eigenvalue weighted by atomic mass is 16.6. The number of rotatable bonds is 24. The second-order valence-corrected chi connectivity index (χ2v) is 12.8. The van der Waals surface area contributed by atoms with Gasteiger partial charge in [0.2, 0.25) is 11.8 Å². The van der Waals surface area contributed by atoms with E-state index < -0.39 is 36.0 Å². The van der Waals surface area contributed by atoms with Crippen LogP contribution in [0.1, 0.15) is 48.3 Å². The Hall–Kier alpha value is -5.30. The summed E-state index contributed by atoms with van der Waals surface area (Å²) in [6, 6.07) is 23.7. The van der Waals surface area contributed by atoms with Crippen LogP contribution in [-0.2, 0) is 39.9 Å². The molecule has 0 heterocycles. The number of fused-ring (bicyclic) bond motifs is 3. The van der Waals surface area contributed by atoms with Crippen LogP contribution in [0.25, 0.3) is 11.1 Å². The van der Waals surface area contributed by atoms with Crippen LogP contribution in [0.15, 0.2) is 104 Å². The third-order valence-electron chi connectivity index (χ3n) is 8.84. The maximum atomic E-state index is 13.5. The zero-order valence-corrected chi connectivity index (χ0v) is 30.6. The van der Waals surface area contributed by atoms with E-state index in [-0.39, 0.29) is 83.9 Å². The quantitative estimate of drug-likeness (QED) is 0.0574. The van der Waals surface area contributed by atoms with E-state index in [4.69, 9.17) is 24.1 Å². The summed E-state index contributed by atoms with van der Waals surface area (Å²) in [7, 11) is 0. The SMILES string of the molecule is C=CCC[C@H](NC(=O)OCC1c2ccccc2-c2ccccc21)C(=O)OC[C@H](COCc1ccccc1)NC(=O)[C@@H](CC=C)CC(=O)NCCOCCO. The van der Waals surface area contributed by atoms with Gasteiger partial charge in [-0.05, 0) is 47.1 Å². The Morgan fingerprint density at radius 3 is 2.15 bits per heavy atom. The number of benzene rings is 3. The highest BCUT2D eigenvalue weighted by molar-refractivity contribution is 5.86. The average molecular weight is 742 g/mol. The van der Waals surface area contributed by atoms with Gasteiger partial charge in [-0.1, -0.05) is 91.0 Å². The van der Waals surface area contributed by atoms with Gasteiger partial charge in [-0.3, -0.25) is 9.59 Å². The number of carbonyl (C=O) groups is 4. The predicted molar refractivity (Wildman–Crippen MR) is 204 cm³/mol. The smallest absolute Gasteiger partial charge is 0.407 e. The van der Waals surface area contributed by atoms with Crippen LogP contribution < -0.4 is 16.0 Å². The van der Waals surface area contributed by atoms with Gasteiger partial charge in [-0.25, -0.2) is 9.59 Å². The van der Waals surface area contributed by atoms with Crippen molar-refractivity contribution >= 4 is 23.9 Å². The molecule has 4 rings (SSSR count). The molecule has 0 fully saturated rings. The number of esters is 1. The molecular formula is C42H51N3O9. The molecule has 0 spiro atoms. The number of nitrogens with one attached hydrogen (secondary N) is 3. The Balaban J connectivity index is 1.36. The van der Waals surface area contributed by atoms with Gasteiger partial charge in [0.15, 0.2) is 0 Å². The largest absolute Gasteiger partial charge is 0.462 e. The fraction of sp³-hybridized carbons (Fsp3) is 0.381. The minimum Gasteiger partial charge on any atom is -0.462 e. The summed E-state index contributed by atoms with van der Waals surface area (Å²) in [6.45, 7) is 8.04. The summed E-state index contributed by atoms with van der Waals surface area (Å²) in [4.78, 5) is 52.6. The molecule has 0 unspecified atom stereocenters. The Morgan fingerprint density at radius 1 is 0.796 bits per heavy atom. The number of ether oxygens (including phenoxy) is 4. The molecular weight excluding hydrogens is 690 g/mol. The molecule has 0 aliphatic heterocycles. The number of hydrogen-bond donors (Lipinski definition) is 4. The van der Waals surface area contributed by atoms with Crippen LogP contribution in [0.2, 0.25) is 0 Å². The first-order valence-electron chi connectivity index (χ1n) is 18.2. The first-order valence-corrected chi connectivity index (χ1v) is 18.2. The number of carbonyl (C=O) groups excluding carboxylic acids is 4. The molecule has 0 saturated carbocycles. The third-order valence-corrected chi connectivity index (χ3v) is 8.84. The van der Waals surface area contributed by atoms with E-state index in [0.29, 0.717) is 6.42 Å². The van der Waals surface area contributed by atoms with Gasteiger partial charge in [0.25, 0.3) is 0 Å². The summed E-state index contributed by atoms with van der Waals surface area (Å²) in [5.74, 6) is -2.39. The van der Waals surface area contributed by atoms with E-state index in [9.17, 15) is 19.2 Å². The van der Waals surface area contributed by atoms with Crippen molar-refractivity contribution in [1.82, 2.24) is 16.0 Å². The molecule has 3 aromatic rings. The molecule has 288 valence electrons. The molecule has 54 heavy (non-hydrogen) atoms. The van der Waals surface area contributed by atoms with E-state index in [0.717, 1.165) is 27.8 Å². The molecule has 0 bridgehead atoms. The summed E-state index contributed by atoms with van der Waals surface area (Å²) in [5, 5.41) is 17.1. The van der Waals surface area contributed by atoms with E-state index in [1.165, 1.54) is 0 Å². The van der Waals surface area contributed by atoms with E-state index >= 15 is 0 Å². The van der Waals surface area contributed by atoms with Crippen molar-refractivity contribution in [3.05, 3.63) is 121 Å². The van der Waals surface area contributed by atoms with Crippen molar-refractivity contribution in [2.24, 2.45) is 5.92 Å². The summed E-state index contributed by atoms with van der Waals surface area (Å²) >= 11 is 0. The lowest BCUT2D eigenvalue weighted by molar-refractivity contribution is -0.148. The lowest BCUT2D eigenvalue weighted by Crippen LogP contribution is -2.47. The maximum Gasteiger partial charge on any atom is 0.407 e. The zero-order valence-electron chi connectivity index (χ0n) is 30.6. The van der Waals surface area contributed by atoms with Crippen molar-refractivity contribution < 1.29 is 43.2 Å². The van der Waals surface area contributed by atoms with Gasteiger partial charge < -0.3 is 40.0 Å². The van der Waals surface area contributed by atoms with Gasteiger partial charge in [-0.15, -0.1) is 13.2 Å². The highest BCUT2D eigenvalue weighted by Gasteiger charge is 2.31. The minimum atomic E-state index is -1.04. The summed E-state index contributed by atoms with van der Waals surface area (Å²) in [6.07, 6.45) is 3.19. The molecule has 3 atom stereocenters. The monoisotopic (exact) mass is 741 g/mol. The number of allylic oxidation sites excluding steroid dienone is 2. The number of aliphatic hydroxyl groups is 1. The Labute approximate surface area is 316 Å². The molecule has 0 saturated heterocycles. The number of hydrogen-bond acceptors (Lipinski definition) is 9. The second kappa shape index (κ2) is 22.7. The fourth-order valence-electron chi connectivity index (χ4n) is 6.15. The van der Waals surface area contributed by atoms with Gasteiger partial charge in [-0.2, -0.15) is 0 Å². The van der Waals surface area contributed by atoms with Gasteiger partial charge in [0, 0.05) is 18.9 Å². The molecule has 0 aromatic heterocycles. The van der Waals surface area contributed by atoms with E-state index in [1.54, 1.807) is 12.2 Å². The van der Waals surface area contributed by atoms with E-state index in [1.807, 2.05) is 78.9 Å². The number of aliphatic hydroxyl groups excluding tert-OH is 1. The van der Waals surface area contributed by atoms with Crippen molar-refractivity contribution in [2.75, 3.05) is 46.2 Å². The molecule has 3 aromatic carbocycles. The van der Waals surface area contributed by atoms with E-state index in [2.05, 4.69) is 29.1 Å². The molecule has 3 amide bonds. The number of alkyl carbamates (subject to hydrolysis) is 1. The number of amides is 3. The normalized spacial score (nSPS) is 13.4. The van der Waals surface area contributed by atoms with Gasteiger partial charge in [0.05, 0.1) is 45.0 Å². The average Bonchev–Trinajstić information content (AvgIpc) is 3.51. The second-order valence-electron chi connectivity index (χ2n) is 12.8. The summed E-state index contributed by atoms with van der Waals surface area (Å²) in [5.41, 5.74) is 5.25. The van der Waals surface area contributed by atoms with Crippen LogP contribution in [0, 0.1) is 5.92 Å². The lowest BCUT2D eigenvalue weighted by Gasteiger charge is -2.24. The first-order chi connectivity index (χ1) is 26.3. The molecule has 4 N–H and O–H groups in total. The van der Waals surface area contributed by atoms with Crippen molar-refractivity contribution in [2.45, 2.75) is 50.3 Å². The minimum absolute atomic E-state index is 0.000245. The van der Waals surface area contributed by atoms with Crippen LogP contribution in [0.3, 0.4) is 0 Å². The van der Waals surface area contributed by atoms with Crippen LogP contribution >= 0.6 is 0 Å². The Bertz CT molecular complexity index is 1640. The molecule has 1 aliphatic carbocycles. The predicted octanol–water partition coefficient (Wildman–Crippen LogP) is 4.81. The molecule has 12 heteroatoms. The zero-order chi connectivity index (χ0) is 38.5. The lowest BCUT2D eigenvalue weighted by atomic mass is 9.98. The fourth-order valence-corrected chi connectivity index (χ4v) is 6.15.